The van der Waals surface area contributed by atoms with Gasteiger partial charge in [0.1, 0.15) is 0 Å². The predicted octanol–water partition coefficient (Wildman–Crippen LogP) is 2.73. The molecule has 0 aromatic heterocycles. The van der Waals surface area contributed by atoms with Crippen molar-refractivity contribution < 1.29 is 4.79 Å². The van der Waals surface area contributed by atoms with Gasteiger partial charge in [-0.05, 0) is 30.8 Å². The number of amides is 1. The Morgan fingerprint density at radius 3 is 2.42 bits per heavy atom. The van der Waals surface area contributed by atoms with Crippen LogP contribution in [-0.2, 0) is 4.79 Å². The zero-order valence-corrected chi connectivity index (χ0v) is 13.7. The largest absolute Gasteiger partial charge is 0.392 e. The Bertz CT molecular complexity index is 313. The van der Waals surface area contributed by atoms with Crippen molar-refractivity contribution in [3.8, 4) is 0 Å². The van der Waals surface area contributed by atoms with E-state index in [1.54, 1.807) is 11.8 Å². The van der Waals surface area contributed by atoms with Gasteiger partial charge in [-0.25, -0.2) is 0 Å². The van der Waals surface area contributed by atoms with E-state index >= 15 is 0 Å². The van der Waals surface area contributed by atoms with Gasteiger partial charge in [-0.2, -0.15) is 11.8 Å². The Morgan fingerprint density at radius 2 is 1.95 bits per heavy atom. The summed E-state index contributed by atoms with van der Waals surface area (Å²) in [7, 11) is 0. The van der Waals surface area contributed by atoms with Gasteiger partial charge in [-0.1, -0.05) is 44.8 Å². The van der Waals surface area contributed by atoms with Crippen molar-refractivity contribution in [3.05, 3.63) is 0 Å². The summed E-state index contributed by atoms with van der Waals surface area (Å²) in [5.74, 6) is 1.59. The lowest BCUT2D eigenvalue weighted by Gasteiger charge is -2.30. The molecule has 0 spiro atoms. The summed E-state index contributed by atoms with van der Waals surface area (Å²) in [6.07, 6.45) is 8.16. The maximum atomic E-state index is 12.5. The first-order chi connectivity index (χ1) is 9.03. The van der Waals surface area contributed by atoms with Crippen LogP contribution >= 0.6 is 24.0 Å². The summed E-state index contributed by atoms with van der Waals surface area (Å²) in [5, 5.41) is 3.07. The average Bonchev–Trinajstić information content (AvgIpc) is 2.62. The van der Waals surface area contributed by atoms with Crippen LogP contribution in [0.25, 0.3) is 0 Å². The van der Waals surface area contributed by atoms with Crippen LogP contribution in [-0.4, -0.2) is 29.4 Å². The van der Waals surface area contributed by atoms with Crippen LogP contribution in [0.3, 0.4) is 0 Å². The standard InChI is InChI=1S/C14H26N2OS2/c1-11(10-19-2)9-16-13(17)14(12(15)18)7-5-3-4-6-8-14/h11H,3-10H2,1-2H3,(H2,15,18)(H,16,17). The van der Waals surface area contributed by atoms with E-state index in [1.807, 2.05) is 0 Å². The number of nitrogens with one attached hydrogen (secondary N) is 1. The van der Waals surface area contributed by atoms with E-state index in [9.17, 15) is 4.79 Å². The van der Waals surface area contributed by atoms with Crippen LogP contribution in [0.2, 0.25) is 0 Å². The van der Waals surface area contributed by atoms with Gasteiger partial charge >= 0.3 is 0 Å². The second-order valence-corrected chi connectivity index (χ2v) is 6.98. The first-order valence-corrected chi connectivity index (χ1v) is 8.90. The summed E-state index contributed by atoms with van der Waals surface area (Å²) < 4.78 is 0. The fourth-order valence-corrected chi connectivity index (χ4v) is 3.68. The van der Waals surface area contributed by atoms with Crippen molar-refractivity contribution in [1.29, 1.82) is 0 Å². The molecule has 1 atom stereocenters. The summed E-state index contributed by atoms with van der Waals surface area (Å²) in [5.41, 5.74) is 5.31. The molecule has 1 unspecified atom stereocenters. The normalized spacial score (nSPS) is 20.3. The van der Waals surface area contributed by atoms with E-state index in [0.29, 0.717) is 17.5 Å². The van der Waals surface area contributed by atoms with Gasteiger partial charge in [0, 0.05) is 6.54 Å². The minimum Gasteiger partial charge on any atom is -0.392 e. The molecule has 5 heteroatoms. The van der Waals surface area contributed by atoms with Gasteiger partial charge in [0.05, 0.1) is 10.4 Å². The molecule has 3 nitrogen and oxygen atoms in total. The van der Waals surface area contributed by atoms with E-state index in [2.05, 4.69) is 18.5 Å². The number of carbonyl (C=O) groups excluding carboxylic acids is 1. The SMILES string of the molecule is CSCC(C)CNC(=O)C1(C(N)=S)CCCCCC1. The van der Waals surface area contributed by atoms with E-state index in [4.69, 9.17) is 18.0 Å². The van der Waals surface area contributed by atoms with Crippen LogP contribution in [0.1, 0.15) is 45.4 Å². The predicted molar refractivity (Wildman–Crippen MR) is 87.5 cm³/mol. The maximum Gasteiger partial charge on any atom is 0.233 e. The van der Waals surface area contributed by atoms with Crippen LogP contribution in [0.4, 0.5) is 0 Å². The Kier molecular flexibility index (Phi) is 7.15. The number of thioether (sulfide) groups is 1. The molecule has 1 saturated carbocycles. The minimum absolute atomic E-state index is 0.0508. The molecule has 3 N–H and O–H groups in total. The van der Waals surface area contributed by atoms with Crippen LogP contribution in [0.5, 0.6) is 0 Å². The lowest BCUT2D eigenvalue weighted by molar-refractivity contribution is -0.128. The molecule has 0 aromatic carbocycles. The first kappa shape index (κ1) is 16.8. The van der Waals surface area contributed by atoms with Gasteiger partial charge < -0.3 is 11.1 Å². The molecule has 1 rings (SSSR count). The number of nitrogens with two attached hydrogens (primary N) is 1. The summed E-state index contributed by atoms with van der Waals surface area (Å²) in [4.78, 5) is 12.9. The molecule has 110 valence electrons. The van der Waals surface area contributed by atoms with Gasteiger partial charge in [-0.3, -0.25) is 4.79 Å². The molecule has 0 aromatic rings. The molecule has 1 aliphatic carbocycles. The van der Waals surface area contributed by atoms with Gasteiger partial charge in [0.25, 0.3) is 0 Å². The second-order valence-electron chi connectivity index (χ2n) is 5.63. The molecule has 1 fully saturated rings. The summed E-state index contributed by atoms with van der Waals surface area (Å²) in [6, 6.07) is 0. The molecule has 19 heavy (non-hydrogen) atoms. The number of rotatable bonds is 6. The molecule has 1 aliphatic rings. The van der Waals surface area contributed by atoms with Crippen molar-refractivity contribution in [1.82, 2.24) is 5.32 Å². The van der Waals surface area contributed by atoms with Crippen molar-refractivity contribution in [3.63, 3.8) is 0 Å². The van der Waals surface area contributed by atoms with E-state index in [-0.39, 0.29) is 5.91 Å². The topological polar surface area (TPSA) is 55.1 Å². The highest BCUT2D eigenvalue weighted by atomic mass is 32.2. The molecule has 0 bridgehead atoms. The van der Waals surface area contributed by atoms with Gasteiger partial charge in [0.15, 0.2) is 0 Å². The smallest absolute Gasteiger partial charge is 0.233 e. The minimum atomic E-state index is -0.592. The van der Waals surface area contributed by atoms with E-state index < -0.39 is 5.41 Å². The quantitative estimate of drug-likeness (QED) is 0.585. The lowest BCUT2D eigenvalue weighted by Crippen LogP contribution is -2.49. The maximum absolute atomic E-state index is 12.5. The highest BCUT2D eigenvalue weighted by Crippen LogP contribution is 2.35. The number of hydrogen-bond acceptors (Lipinski definition) is 3. The van der Waals surface area contributed by atoms with Crippen LogP contribution in [0.15, 0.2) is 0 Å². The number of thiocarbonyl (C=S) groups is 1. The molecular formula is C14H26N2OS2. The third-order valence-corrected chi connectivity index (χ3v) is 5.22. The van der Waals surface area contributed by atoms with Crippen molar-refractivity contribution >= 4 is 34.9 Å². The highest BCUT2D eigenvalue weighted by Gasteiger charge is 2.41. The molecular weight excluding hydrogens is 276 g/mol. The van der Waals surface area contributed by atoms with Gasteiger partial charge in [-0.15, -0.1) is 0 Å². The third-order valence-electron chi connectivity index (χ3n) is 3.93. The summed E-state index contributed by atoms with van der Waals surface area (Å²) >= 11 is 7.01. The average molecular weight is 303 g/mol. The fraction of sp³-hybridized carbons (Fsp3) is 0.857. The number of carbonyl (C=O) groups is 1. The first-order valence-electron chi connectivity index (χ1n) is 7.10. The highest BCUT2D eigenvalue weighted by molar-refractivity contribution is 7.98. The van der Waals surface area contributed by atoms with E-state index in [0.717, 1.165) is 31.4 Å². The molecule has 0 heterocycles. The molecule has 0 saturated heterocycles. The molecule has 0 radical (unpaired) electrons. The zero-order valence-electron chi connectivity index (χ0n) is 12.0. The third kappa shape index (κ3) is 4.63. The van der Waals surface area contributed by atoms with Crippen LogP contribution in [0, 0.1) is 11.3 Å². The Balaban J connectivity index is 2.64. The lowest BCUT2D eigenvalue weighted by atomic mass is 9.79. The monoisotopic (exact) mass is 302 g/mol. The second kappa shape index (κ2) is 8.10. The molecule has 1 amide bonds. The van der Waals surface area contributed by atoms with Crippen molar-refractivity contribution in [2.75, 3.05) is 18.6 Å². The summed E-state index contributed by atoms with van der Waals surface area (Å²) in [6.45, 7) is 2.86. The molecule has 0 aliphatic heterocycles. The Hall–Kier alpha value is -0.290. The van der Waals surface area contributed by atoms with Crippen molar-refractivity contribution in [2.24, 2.45) is 17.1 Å². The van der Waals surface area contributed by atoms with E-state index in [1.165, 1.54) is 12.8 Å². The Morgan fingerprint density at radius 1 is 1.37 bits per heavy atom. The zero-order chi connectivity index (χ0) is 14.3. The number of hydrogen-bond donors (Lipinski definition) is 2. The fourth-order valence-electron chi connectivity index (χ4n) is 2.70. The van der Waals surface area contributed by atoms with Crippen molar-refractivity contribution in [2.45, 2.75) is 45.4 Å². The Labute approximate surface area is 126 Å². The van der Waals surface area contributed by atoms with Crippen LogP contribution < -0.4 is 11.1 Å². The van der Waals surface area contributed by atoms with Gasteiger partial charge in [0.2, 0.25) is 5.91 Å².